The number of hydrogen-bond acceptors (Lipinski definition) is 6. The Morgan fingerprint density at radius 2 is 1.92 bits per heavy atom. The summed E-state index contributed by atoms with van der Waals surface area (Å²) >= 11 is 0. The molecule has 1 fully saturated rings. The van der Waals surface area contributed by atoms with Crippen LogP contribution in [0.2, 0.25) is 0 Å². The van der Waals surface area contributed by atoms with E-state index in [0.717, 1.165) is 54.8 Å². The second-order valence-corrected chi connectivity index (χ2v) is 7.09. The smallest absolute Gasteiger partial charge is 0.164 e. The van der Waals surface area contributed by atoms with Crippen molar-refractivity contribution in [2.45, 2.75) is 33.1 Å². The average molecular weight is 365 g/mol. The van der Waals surface area contributed by atoms with Gasteiger partial charge < -0.3 is 19.4 Å². The zero-order valence-corrected chi connectivity index (χ0v) is 16.1. The SMILES string of the molecule is CC.COc1ccc2c(N3CCC(CCP(O)O)CC3)ncnc2c1. The van der Waals surface area contributed by atoms with Crippen LogP contribution in [0, 0.1) is 5.92 Å². The number of hydrogen-bond donors (Lipinski definition) is 2. The summed E-state index contributed by atoms with van der Waals surface area (Å²) in [7, 11) is -0.103. The van der Waals surface area contributed by atoms with E-state index in [4.69, 9.17) is 14.5 Å². The molecule has 2 N–H and O–H groups in total. The Balaban J connectivity index is 0.00000109. The molecule has 0 atom stereocenters. The van der Waals surface area contributed by atoms with Crippen LogP contribution in [-0.4, -0.2) is 46.1 Å². The molecule has 1 aromatic heterocycles. The molecule has 0 saturated carbocycles. The van der Waals surface area contributed by atoms with Gasteiger partial charge in [0.1, 0.15) is 17.9 Å². The van der Waals surface area contributed by atoms with Crippen LogP contribution in [0.25, 0.3) is 10.9 Å². The van der Waals surface area contributed by atoms with Crippen LogP contribution >= 0.6 is 8.38 Å². The van der Waals surface area contributed by atoms with Gasteiger partial charge in [-0.05, 0) is 37.3 Å². The van der Waals surface area contributed by atoms with E-state index in [1.54, 1.807) is 13.4 Å². The van der Waals surface area contributed by atoms with Gasteiger partial charge in [0.05, 0.1) is 12.6 Å². The van der Waals surface area contributed by atoms with Gasteiger partial charge >= 0.3 is 0 Å². The molecule has 0 bridgehead atoms. The minimum Gasteiger partial charge on any atom is -0.497 e. The quantitative estimate of drug-likeness (QED) is 0.789. The molecule has 0 spiro atoms. The average Bonchev–Trinajstić information content (AvgIpc) is 2.67. The first-order chi connectivity index (χ1) is 12.2. The molecule has 0 amide bonds. The molecule has 3 rings (SSSR count). The summed E-state index contributed by atoms with van der Waals surface area (Å²) in [5, 5.41) is 1.04. The molecular weight excluding hydrogens is 337 g/mol. The van der Waals surface area contributed by atoms with Crippen molar-refractivity contribution in [2.75, 3.05) is 31.3 Å². The highest BCUT2D eigenvalue weighted by atomic mass is 31.2. The van der Waals surface area contributed by atoms with E-state index in [-0.39, 0.29) is 0 Å². The third-order valence-electron chi connectivity index (χ3n) is 4.47. The maximum atomic E-state index is 9.06. The van der Waals surface area contributed by atoms with E-state index in [0.29, 0.717) is 12.1 Å². The van der Waals surface area contributed by atoms with Crippen LogP contribution < -0.4 is 9.64 Å². The van der Waals surface area contributed by atoms with E-state index in [1.807, 2.05) is 32.0 Å². The molecule has 0 radical (unpaired) electrons. The van der Waals surface area contributed by atoms with E-state index in [9.17, 15) is 0 Å². The van der Waals surface area contributed by atoms with Crippen LogP contribution in [0.5, 0.6) is 5.75 Å². The Labute approximate surface area is 150 Å². The van der Waals surface area contributed by atoms with Crippen molar-refractivity contribution in [3.63, 3.8) is 0 Å². The van der Waals surface area contributed by atoms with Gasteiger partial charge in [-0.15, -0.1) is 0 Å². The van der Waals surface area contributed by atoms with Crippen molar-refractivity contribution in [2.24, 2.45) is 5.92 Å². The van der Waals surface area contributed by atoms with Gasteiger partial charge in [0.25, 0.3) is 0 Å². The first kappa shape index (κ1) is 19.8. The van der Waals surface area contributed by atoms with Gasteiger partial charge in [-0.3, -0.25) is 0 Å². The van der Waals surface area contributed by atoms with Crippen LogP contribution in [0.3, 0.4) is 0 Å². The molecule has 6 nitrogen and oxygen atoms in total. The molecule has 2 heterocycles. The molecular formula is C18H28N3O3P. The van der Waals surface area contributed by atoms with E-state index >= 15 is 0 Å². The number of anilines is 1. The van der Waals surface area contributed by atoms with Crippen LogP contribution in [0.1, 0.15) is 33.1 Å². The fourth-order valence-electron chi connectivity index (χ4n) is 3.13. The maximum absolute atomic E-state index is 9.06. The lowest BCUT2D eigenvalue weighted by Gasteiger charge is -2.33. The summed E-state index contributed by atoms with van der Waals surface area (Å²) in [5.74, 6) is 2.34. The maximum Gasteiger partial charge on any atom is 0.164 e. The summed E-state index contributed by atoms with van der Waals surface area (Å²) in [5.41, 5.74) is 0.891. The minimum absolute atomic E-state index is 0.524. The lowest BCUT2D eigenvalue weighted by Crippen LogP contribution is -2.34. The van der Waals surface area contributed by atoms with Gasteiger partial charge in [-0.25, -0.2) is 9.97 Å². The molecule has 7 heteroatoms. The molecule has 0 unspecified atom stereocenters. The third-order valence-corrected chi connectivity index (χ3v) is 5.13. The van der Waals surface area contributed by atoms with E-state index in [1.165, 1.54) is 0 Å². The van der Waals surface area contributed by atoms with E-state index in [2.05, 4.69) is 14.9 Å². The molecule has 0 aliphatic carbocycles. The lowest BCUT2D eigenvalue weighted by molar-refractivity contribution is 0.386. The van der Waals surface area contributed by atoms with Crippen molar-refractivity contribution in [3.05, 3.63) is 24.5 Å². The van der Waals surface area contributed by atoms with Crippen LogP contribution in [-0.2, 0) is 0 Å². The van der Waals surface area contributed by atoms with Crippen molar-refractivity contribution in [1.82, 2.24) is 9.97 Å². The van der Waals surface area contributed by atoms with Gasteiger partial charge in [0, 0.05) is 30.7 Å². The monoisotopic (exact) mass is 365 g/mol. The minimum atomic E-state index is -1.75. The number of benzene rings is 1. The van der Waals surface area contributed by atoms with Gasteiger partial charge in [0.2, 0.25) is 0 Å². The number of ether oxygens (including phenoxy) is 1. The molecule has 1 aromatic carbocycles. The Kier molecular flexibility index (Phi) is 7.82. The third kappa shape index (κ3) is 5.24. The van der Waals surface area contributed by atoms with Gasteiger partial charge in [0.15, 0.2) is 8.38 Å². The zero-order valence-electron chi connectivity index (χ0n) is 15.2. The van der Waals surface area contributed by atoms with Crippen molar-refractivity contribution < 1.29 is 14.5 Å². The Morgan fingerprint density at radius 1 is 1.20 bits per heavy atom. The zero-order chi connectivity index (χ0) is 18.2. The summed E-state index contributed by atoms with van der Waals surface area (Å²) in [6, 6.07) is 5.88. The summed E-state index contributed by atoms with van der Waals surface area (Å²) in [6.45, 7) is 5.88. The Bertz CT molecular complexity index is 661. The first-order valence-corrected chi connectivity index (χ1v) is 10.3. The van der Waals surface area contributed by atoms with Crippen LogP contribution in [0.15, 0.2) is 24.5 Å². The molecule has 1 aliphatic rings. The molecule has 138 valence electrons. The standard InChI is InChI=1S/C16H22N3O3P.C2H6/c1-22-13-2-3-14-15(10-13)17-11-18-16(14)19-7-4-12(5-8-19)6-9-23(20)21;1-2/h2-3,10-12,20-21H,4-9H2,1H3;1-2H3. The fraction of sp³-hybridized carbons (Fsp3) is 0.556. The Morgan fingerprint density at radius 3 is 2.56 bits per heavy atom. The number of aromatic nitrogens is 2. The van der Waals surface area contributed by atoms with Crippen LogP contribution in [0.4, 0.5) is 5.82 Å². The predicted molar refractivity (Wildman–Crippen MR) is 103 cm³/mol. The number of methoxy groups -OCH3 is 1. The second kappa shape index (κ2) is 9.85. The Hall–Kier alpha value is -1.49. The van der Waals surface area contributed by atoms with Crippen molar-refractivity contribution in [1.29, 1.82) is 0 Å². The second-order valence-electron chi connectivity index (χ2n) is 5.90. The van der Waals surface area contributed by atoms with Gasteiger partial charge in [-0.1, -0.05) is 13.8 Å². The van der Waals surface area contributed by atoms with Gasteiger partial charge in [-0.2, -0.15) is 0 Å². The molecule has 1 saturated heterocycles. The molecule has 2 aromatic rings. The van der Waals surface area contributed by atoms with Crippen molar-refractivity contribution >= 4 is 25.1 Å². The number of piperidine rings is 1. The number of nitrogens with zero attached hydrogens (tertiary/aromatic N) is 3. The van der Waals surface area contributed by atoms with E-state index < -0.39 is 8.38 Å². The highest BCUT2D eigenvalue weighted by molar-refractivity contribution is 7.45. The summed E-state index contributed by atoms with van der Waals surface area (Å²) in [4.78, 5) is 29.2. The first-order valence-electron chi connectivity index (χ1n) is 8.86. The fourth-order valence-corrected chi connectivity index (χ4v) is 3.73. The summed E-state index contributed by atoms with van der Waals surface area (Å²) in [6.07, 6.45) is 5.15. The van der Waals surface area contributed by atoms with Crippen molar-refractivity contribution in [3.8, 4) is 5.75 Å². The largest absolute Gasteiger partial charge is 0.497 e. The molecule has 1 aliphatic heterocycles. The number of fused-ring (bicyclic) bond motifs is 1. The molecule has 25 heavy (non-hydrogen) atoms. The highest BCUT2D eigenvalue weighted by Gasteiger charge is 2.22. The predicted octanol–water partition coefficient (Wildman–Crippen LogP) is 3.57. The highest BCUT2D eigenvalue weighted by Crippen LogP contribution is 2.32. The summed E-state index contributed by atoms with van der Waals surface area (Å²) < 4.78 is 5.25. The topological polar surface area (TPSA) is 78.7 Å². The normalized spacial score (nSPS) is 15.2. The lowest BCUT2D eigenvalue weighted by atomic mass is 9.94. The number of rotatable bonds is 5.